The van der Waals surface area contributed by atoms with Crippen LogP contribution in [-0.2, 0) is 13.0 Å². The van der Waals surface area contributed by atoms with Crippen molar-refractivity contribution in [1.29, 1.82) is 0 Å². The number of guanidine groups is 1. The van der Waals surface area contributed by atoms with Crippen molar-refractivity contribution in [2.45, 2.75) is 26.3 Å². The fourth-order valence-electron chi connectivity index (χ4n) is 3.03. The van der Waals surface area contributed by atoms with Crippen LogP contribution in [0.4, 0.5) is 0 Å². The van der Waals surface area contributed by atoms with Crippen molar-refractivity contribution in [3.05, 3.63) is 71.4 Å². The van der Waals surface area contributed by atoms with E-state index in [-0.39, 0.29) is 24.0 Å². The number of fused-ring (bicyclic) bond motifs is 1. The quantitative estimate of drug-likeness (QED) is 0.220. The maximum absolute atomic E-state index is 4.31. The molecule has 5 heteroatoms. The van der Waals surface area contributed by atoms with Gasteiger partial charge in [0.2, 0.25) is 0 Å². The number of rotatable bonds is 6. The lowest BCUT2D eigenvalue weighted by Gasteiger charge is -2.13. The minimum Gasteiger partial charge on any atom is -0.361 e. The first-order valence-corrected chi connectivity index (χ1v) is 8.82. The van der Waals surface area contributed by atoms with E-state index in [0.717, 1.165) is 31.9 Å². The summed E-state index contributed by atoms with van der Waals surface area (Å²) in [5.41, 5.74) is 5.18. The van der Waals surface area contributed by atoms with E-state index in [0.29, 0.717) is 0 Å². The molecule has 0 bridgehead atoms. The van der Waals surface area contributed by atoms with Gasteiger partial charge in [0.1, 0.15) is 0 Å². The molecule has 4 nitrogen and oxygen atoms in total. The highest BCUT2D eigenvalue weighted by Crippen LogP contribution is 2.18. The van der Waals surface area contributed by atoms with Crippen molar-refractivity contribution in [2.75, 3.05) is 13.6 Å². The van der Waals surface area contributed by atoms with Crippen LogP contribution >= 0.6 is 24.0 Å². The third kappa shape index (κ3) is 5.24. The predicted octanol–water partition coefficient (Wildman–Crippen LogP) is 4.39. The number of hydrogen-bond acceptors (Lipinski definition) is 1. The minimum absolute atomic E-state index is 0. The van der Waals surface area contributed by atoms with Gasteiger partial charge in [-0.3, -0.25) is 4.99 Å². The fraction of sp³-hybridized carbons (Fsp3) is 0.286. The topological polar surface area (TPSA) is 52.2 Å². The van der Waals surface area contributed by atoms with Gasteiger partial charge >= 0.3 is 0 Å². The van der Waals surface area contributed by atoms with Gasteiger partial charge in [0.05, 0.1) is 0 Å². The van der Waals surface area contributed by atoms with Gasteiger partial charge in [-0.2, -0.15) is 0 Å². The molecule has 3 aromatic rings. The molecule has 0 radical (unpaired) electrons. The Hall–Kier alpha value is -2.02. The summed E-state index contributed by atoms with van der Waals surface area (Å²) in [7, 11) is 1.81. The summed E-state index contributed by atoms with van der Waals surface area (Å²) in [6.45, 7) is 3.82. The van der Waals surface area contributed by atoms with E-state index in [4.69, 9.17) is 0 Å². The number of aryl methyl sites for hydroxylation is 2. The first-order chi connectivity index (χ1) is 12.3. The molecule has 0 aliphatic heterocycles. The maximum atomic E-state index is 4.31. The third-order valence-electron chi connectivity index (χ3n) is 4.52. The Balaban J connectivity index is 0.00000243. The Morgan fingerprint density at radius 3 is 2.58 bits per heavy atom. The molecule has 2 aromatic carbocycles. The molecule has 0 saturated carbocycles. The Morgan fingerprint density at radius 1 is 1.00 bits per heavy atom. The average molecular weight is 462 g/mol. The number of nitrogens with one attached hydrogen (secondary N) is 3. The Morgan fingerprint density at radius 2 is 1.77 bits per heavy atom. The maximum Gasteiger partial charge on any atom is 0.191 e. The van der Waals surface area contributed by atoms with Gasteiger partial charge in [0, 0.05) is 37.2 Å². The van der Waals surface area contributed by atoms with Crippen molar-refractivity contribution in [1.82, 2.24) is 15.6 Å². The Kier molecular flexibility index (Phi) is 7.97. The number of nitrogens with zero attached hydrogens (tertiary/aromatic N) is 1. The number of benzene rings is 2. The molecule has 3 rings (SSSR count). The van der Waals surface area contributed by atoms with E-state index in [2.05, 4.69) is 82.3 Å². The second-order valence-electron chi connectivity index (χ2n) is 6.24. The van der Waals surface area contributed by atoms with Crippen LogP contribution in [0, 0.1) is 6.92 Å². The minimum atomic E-state index is 0. The number of aromatic amines is 1. The normalized spacial score (nSPS) is 11.2. The van der Waals surface area contributed by atoms with Crippen LogP contribution in [0.5, 0.6) is 0 Å². The molecule has 0 atom stereocenters. The van der Waals surface area contributed by atoms with E-state index in [9.17, 15) is 0 Å². The van der Waals surface area contributed by atoms with Gasteiger partial charge in [-0.15, -0.1) is 24.0 Å². The molecule has 1 heterocycles. The monoisotopic (exact) mass is 462 g/mol. The molecule has 0 fully saturated rings. The van der Waals surface area contributed by atoms with E-state index in [1.165, 1.54) is 27.6 Å². The molecule has 1 aromatic heterocycles. The van der Waals surface area contributed by atoms with Crippen LogP contribution < -0.4 is 10.6 Å². The molecule has 0 saturated heterocycles. The molecular weight excluding hydrogens is 435 g/mol. The van der Waals surface area contributed by atoms with E-state index >= 15 is 0 Å². The molecule has 0 amide bonds. The van der Waals surface area contributed by atoms with Crippen molar-refractivity contribution < 1.29 is 0 Å². The lowest BCUT2D eigenvalue weighted by Crippen LogP contribution is -2.37. The van der Waals surface area contributed by atoms with Gasteiger partial charge in [0.15, 0.2) is 5.96 Å². The van der Waals surface area contributed by atoms with Gasteiger partial charge in [-0.25, -0.2) is 0 Å². The largest absolute Gasteiger partial charge is 0.361 e. The summed E-state index contributed by atoms with van der Waals surface area (Å²) in [4.78, 5) is 7.64. The lowest BCUT2D eigenvalue weighted by molar-refractivity contribution is 0.743. The average Bonchev–Trinajstić information content (AvgIpc) is 3.05. The fourth-order valence-corrected chi connectivity index (χ4v) is 3.03. The number of aliphatic imine (C=N–C) groups is 1. The van der Waals surface area contributed by atoms with Crippen LogP contribution in [0.1, 0.15) is 23.1 Å². The second kappa shape index (κ2) is 10.2. The summed E-state index contributed by atoms with van der Waals surface area (Å²) in [6, 6.07) is 16.9. The zero-order chi connectivity index (χ0) is 17.5. The van der Waals surface area contributed by atoms with Crippen molar-refractivity contribution in [2.24, 2.45) is 4.99 Å². The Labute approximate surface area is 172 Å². The summed E-state index contributed by atoms with van der Waals surface area (Å²) >= 11 is 0. The molecule has 3 N–H and O–H groups in total. The molecule has 26 heavy (non-hydrogen) atoms. The first kappa shape index (κ1) is 20.3. The SMILES string of the molecule is CN=C(NCCCc1c[nH]c2ccccc12)NCc1ccccc1C.I. The second-order valence-corrected chi connectivity index (χ2v) is 6.24. The summed E-state index contributed by atoms with van der Waals surface area (Å²) < 4.78 is 0. The highest BCUT2D eigenvalue weighted by molar-refractivity contribution is 14.0. The molecule has 0 unspecified atom stereocenters. The standard InChI is InChI=1S/C21H26N4.HI/c1-16-8-3-4-9-17(16)14-25-21(22-2)23-13-7-10-18-15-24-20-12-6-5-11-19(18)20;/h3-6,8-9,11-12,15,24H,7,10,13-14H2,1-2H3,(H2,22,23,25);1H. The van der Waals surface area contributed by atoms with Crippen LogP contribution in [0.2, 0.25) is 0 Å². The van der Waals surface area contributed by atoms with E-state index in [1.54, 1.807) is 0 Å². The van der Waals surface area contributed by atoms with E-state index in [1.807, 2.05) is 7.05 Å². The number of hydrogen-bond donors (Lipinski definition) is 3. The molecule has 0 aliphatic carbocycles. The molecular formula is C21H27IN4. The van der Waals surface area contributed by atoms with E-state index < -0.39 is 0 Å². The van der Waals surface area contributed by atoms with Crippen molar-refractivity contribution in [3.8, 4) is 0 Å². The predicted molar refractivity (Wildman–Crippen MR) is 121 cm³/mol. The molecule has 0 aliphatic rings. The number of para-hydroxylation sites is 1. The number of aromatic nitrogens is 1. The van der Waals surface area contributed by atoms with Gasteiger partial charge in [0.25, 0.3) is 0 Å². The van der Waals surface area contributed by atoms with Crippen LogP contribution in [-0.4, -0.2) is 24.5 Å². The zero-order valence-corrected chi connectivity index (χ0v) is 17.7. The number of halogens is 1. The smallest absolute Gasteiger partial charge is 0.191 e. The zero-order valence-electron chi connectivity index (χ0n) is 15.4. The van der Waals surface area contributed by atoms with Crippen LogP contribution in [0.25, 0.3) is 10.9 Å². The molecule has 0 spiro atoms. The van der Waals surface area contributed by atoms with Crippen LogP contribution in [0.15, 0.2) is 59.7 Å². The van der Waals surface area contributed by atoms with Gasteiger partial charge in [-0.05, 0) is 42.5 Å². The number of H-pyrrole nitrogens is 1. The third-order valence-corrected chi connectivity index (χ3v) is 4.52. The lowest BCUT2D eigenvalue weighted by atomic mass is 10.1. The highest BCUT2D eigenvalue weighted by atomic mass is 127. The van der Waals surface area contributed by atoms with Crippen molar-refractivity contribution in [3.63, 3.8) is 0 Å². The summed E-state index contributed by atoms with van der Waals surface area (Å²) in [5.74, 6) is 0.849. The molecule has 138 valence electrons. The summed E-state index contributed by atoms with van der Waals surface area (Å²) in [5, 5.41) is 8.10. The Bertz CT molecular complexity index is 854. The van der Waals surface area contributed by atoms with Gasteiger partial charge in [-0.1, -0.05) is 42.5 Å². The highest BCUT2D eigenvalue weighted by Gasteiger charge is 2.03. The van der Waals surface area contributed by atoms with Gasteiger partial charge < -0.3 is 15.6 Å². The van der Waals surface area contributed by atoms with Crippen molar-refractivity contribution >= 4 is 40.8 Å². The first-order valence-electron chi connectivity index (χ1n) is 8.82. The summed E-state index contributed by atoms with van der Waals surface area (Å²) in [6.07, 6.45) is 4.23. The van der Waals surface area contributed by atoms with Crippen LogP contribution in [0.3, 0.4) is 0 Å².